The lowest BCUT2D eigenvalue weighted by Crippen LogP contribution is -2.10. The first kappa shape index (κ1) is 15.8. The van der Waals surface area contributed by atoms with Crippen molar-refractivity contribution < 1.29 is 9.13 Å². The van der Waals surface area contributed by atoms with E-state index in [-0.39, 0.29) is 11.9 Å². The standard InChI is InChI=1S/C17H19BrFNO/c1-10-5-8-16(11(2)17(10)21-4)20-12(3)14-9-13(18)6-7-15(14)19/h5-9,12,20H,1-4H3. The van der Waals surface area contributed by atoms with E-state index in [2.05, 4.69) is 21.2 Å². The molecule has 0 fully saturated rings. The lowest BCUT2D eigenvalue weighted by atomic mass is 10.0. The smallest absolute Gasteiger partial charge is 0.128 e. The molecule has 0 amide bonds. The molecule has 0 bridgehead atoms. The molecule has 0 radical (unpaired) electrons. The Labute approximate surface area is 133 Å². The van der Waals surface area contributed by atoms with Crippen molar-refractivity contribution in [3.05, 3.63) is 57.3 Å². The molecule has 0 aromatic heterocycles. The molecule has 21 heavy (non-hydrogen) atoms. The number of aryl methyl sites for hydroxylation is 1. The number of anilines is 1. The van der Waals surface area contributed by atoms with Gasteiger partial charge in [-0.2, -0.15) is 0 Å². The number of nitrogens with one attached hydrogen (secondary N) is 1. The molecule has 2 rings (SSSR count). The highest BCUT2D eigenvalue weighted by atomic mass is 79.9. The highest BCUT2D eigenvalue weighted by Gasteiger charge is 2.14. The Morgan fingerprint density at radius 3 is 2.57 bits per heavy atom. The summed E-state index contributed by atoms with van der Waals surface area (Å²) in [5.74, 6) is 0.650. The van der Waals surface area contributed by atoms with Crippen molar-refractivity contribution in [3.63, 3.8) is 0 Å². The van der Waals surface area contributed by atoms with Crippen LogP contribution >= 0.6 is 15.9 Å². The van der Waals surface area contributed by atoms with Gasteiger partial charge in [-0.25, -0.2) is 4.39 Å². The Balaban J connectivity index is 2.32. The third-order valence-electron chi connectivity index (χ3n) is 3.60. The monoisotopic (exact) mass is 351 g/mol. The molecule has 0 saturated carbocycles. The van der Waals surface area contributed by atoms with E-state index < -0.39 is 0 Å². The van der Waals surface area contributed by atoms with Crippen LogP contribution in [0, 0.1) is 19.7 Å². The summed E-state index contributed by atoms with van der Waals surface area (Å²) < 4.78 is 20.2. The largest absolute Gasteiger partial charge is 0.496 e. The molecule has 0 heterocycles. The molecular weight excluding hydrogens is 333 g/mol. The Bertz CT molecular complexity index is 657. The maximum absolute atomic E-state index is 13.9. The van der Waals surface area contributed by atoms with Gasteiger partial charge in [-0.1, -0.05) is 22.0 Å². The van der Waals surface area contributed by atoms with Crippen LogP contribution in [0.5, 0.6) is 5.75 Å². The second kappa shape index (κ2) is 6.48. The van der Waals surface area contributed by atoms with E-state index >= 15 is 0 Å². The van der Waals surface area contributed by atoms with E-state index in [0.29, 0.717) is 5.56 Å². The van der Waals surface area contributed by atoms with E-state index in [1.54, 1.807) is 19.2 Å². The highest BCUT2D eigenvalue weighted by Crippen LogP contribution is 2.32. The first-order valence-corrected chi connectivity index (χ1v) is 7.59. The second-order valence-corrected chi connectivity index (χ2v) is 6.04. The van der Waals surface area contributed by atoms with Crippen LogP contribution in [0.25, 0.3) is 0 Å². The summed E-state index contributed by atoms with van der Waals surface area (Å²) in [6, 6.07) is 8.82. The van der Waals surface area contributed by atoms with Crippen LogP contribution in [0.4, 0.5) is 10.1 Å². The lowest BCUT2D eigenvalue weighted by molar-refractivity contribution is 0.409. The van der Waals surface area contributed by atoms with Crippen molar-refractivity contribution in [1.29, 1.82) is 0 Å². The molecule has 0 spiro atoms. The van der Waals surface area contributed by atoms with Crippen molar-refractivity contribution in [2.45, 2.75) is 26.8 Å². The summed E-state index contributed by atoms with van der Waals surface area (Å²) in [5.41, 5.74) is 3.69. The molecule has 1 atom stereocenters. The van der Waals surface area contributed by atoms with Crippen molar-refractivity contribution in [2.75, 3.05) is 12.4 Å². The number of halogens is 2. The summed E-state index contributed by atoms with van der Waals surface area (Å²) in [6.07, 6.45) is 0. The molecule has 1 N–H and O–H groups in total. The Hall–Kier alpha value is -1.55. The van der Waals surface area contributed by atoms with E-state index in [4.69, 9.17) is 4.74 Å². The lowest BCUT2D eigenvalue weighted by Gasteiger charge is -2.20. The van der Waals surface area contributed by atoms with Crippen LogP contribution in [0.2, 0.25) is 0 Å². The molecule has 112 valence electrons. The average Bonchev–Trinajstić information content (AvgIpc) is 2.45. The Kier molecular flexibility index (Phi) is 4.88. The quantitative estimate of drug-likeness (QED) is 0.797. The van der Waals surface area contributed by atoms with E-state index in [1.807, 2.05) is 32.9 Å². The second-order valence-electron chi connectivity index (χ2n) is 5.12. The van der Waals surface area contributed by atoms with Gasteiger partial charge in [0.15, 0.2) is 0 Å². The van der Waals surface area contributed by atoms with Crippen LogP contribution in [0.3, 0.4) is 0 Å². The van der Waals surface area contributed by atoms with Gasteiger partial charge >= 0.3 is 0 Å². The fraction of sp³-hybridized carbons (Fsp3) is 0.294. The normalized spacial score (nSPS) is 12.1. The van der Waals surface area contributed by atoms with Gasteiger partial charge in [0.2, 0.25) is 0 Å². The average molecular weight is 352 g/mol. The van der Waals surface area contributed by atoms with E-state index in [9.17, 15) is 4.39 Å². The fourth-order valence-corrected chi connectivity index (χ4v) is 2.83. The molecule has 4 heteroatoms. The predicted molar refractivity (Wildman–Crippen MR) is 88.6 cm³/mol. The first-order valence-electron chi connectivity index (χ1n) is 6.79. The number of ether oxygens (including phenoxy) is 1. The zero-order valence-corrected chi connectivity index (χ0v) is 14.2. The zero-order valence-electron chi connectivity index (χ0n) is 12.6. The van der Waals surface area contributed by atoms with Crippen LogP contribution in [-0.2, 0) is 0 Å². The summed E-state index contributed by atoms with van der Waals surface area (Å²) in [4.78, 5) is 0. The van der Waals surface area contributed by atoms with Gasteiger partial charge in [-0.15, -0.1) is 0 Å². The first-order chi connectivity index (χ1) is 9.93. The SMILES string of the molecule is COc1c(C)ccc(NC(C)c2cc(Br)ccc2F)c1C. The fourth-order valence-electron chi connectivity index (χ4n) is 2.45. The summed E-state index contributed by atoms with van der Waals surface area (Å²) in [5, 5.41) is 3.36. The molecule has 2 aromatic carbocycles. The zero-order chi connectivity index (χ0) is 15.6. The van der Waals surface area contributed by atoms with E-state index in [0.717, 1.165) is 27.0 Å². The molecular formula is C17H19BrFNO. The maximum atomic E-state index is 13.9. The van der Waals surface area contributed by atoms with Crippen molar-refractivity contribution >= 4 is 21.6 Å². The minimum absolute atomic E-state index is 0.145. The Morgan fingerprint density at radius 1 is 1.19 bits per heavy atom. The van der Waals surface area contributed by atoms with Crippen molar-refractivity contribution in [3.8, 4) is 5.75 Å². The third kappa shape index (κ3) is 3.38. The number of rotatable bonds is 4. The van der Waals surface area contributed by atoms with Gasteiger partial charge in [0.25, 0.3) is 0 Å². The Morgan fingerprint density at radius 2 is 1.90 bits per heavy atom. The summed E-state index contributed by atoms with van der Waals surface area (Å²) >= 11 is 3.38. The van der Waals surface area contributed by atoms with Gasteiger partial charge < -0.3 is 10.1 Å². The van der Waals surface area contributed by atoms with Gasteiger partial charge in [-0.3, -0.25) is 0 Å². The number of methoxy groups -OCH3 is 1. The molecule has 2 nitrogen and oxygen atoms in total. The predicted octanol–water partition coefficient (Wildman–Crippen LogP) is 5.39. The molecule has 0 aliphatic carbocycles. The molecule has 0 saturated heterocycles. The van der Waals surface area contributed by atoms with Gasteiger partial charge in [0.1, 0.15) is 11.6 Å². The van der Waals surface area contributed by atoms with Crippen LogP contribution in [0.15, 0.2) is 34.8 Å². The van der Waals surface area contributed by atoms with E-state index in [1.165, 1.54) is 6.07 Å². The van der Waals surface area contributed by atoms with Crippen LogP contribution in [-0.4, -0.2) is 7.11 Å². The topological polar surface area (TPSA) is 21.3 Å². The van der Waals surface area contributed by atoms with Crippen molar-refractivity contribution in [1.82, 2.24) is 0 Å². The number of benzene rings is 2. The number of hydrogen-bond donors (Lipinski definition) is 1. The van der Waals surface area contributed by atoms with Gasteiger partial charge in [0, 0.05) is 21.3 Å². The number of hydrogen-bond acceptors (Lipinski definition) is 2. The summed E-state index contributed by atoms with van der Waals surface area (Å²) in [6.45, 7) is 5.95. The maximum Gasteiger partial charge on any atom is 0.128 e. The van der Waals surface area contributed by atoms with Gasteiger partial charge in [-0.05, 0) is 50.6 Å². The minimum atomic E-state index is -0.213. The highest BCUT2D eigenvalue weighted by molar-refractivity contribution is 9.10. The molecule has 0 aliphatic heterocycles. The third-order valence-corrected chi connectivity index (χ3v) is 4.10. The van der Waals surface area contributed by atoms with Crippen LogP contribution in [0.1, 0.15) is 29.7 Å². The molecule has 0 aliphatic rings. The minimum Gasteiger partial charge on any atom is -0.496 e. The van der Waals surface area contributed by atoms with Crippen molar-refractivity contribution in [2.24, 2.45) is 0 Å². The van der Waals surface area contributed by atoms with Gasteiger partial charge in [0.05, 0.1) is 13.2 Å². The molecule has 2 aromatic rings. The summed E-state index contributed by atoms with van der Waals surface area (Å²) in [7, 11) is 1.66. The van der Waals surface area contributed by atoms with Crippen LogP contribution < -0.4 is 10.1 Å². The molecule has 1 unspecified atom stereocenters.